The van der Waals surface area contributed by atoms with E-state index >= 15 is 0 Å². The Kier molecular flexibility index (Phi) is 4.88. The Labute approximate surface area is 125 Å². The lowest BCUT2D eigenvalue weighted by molar-refractivity contribution is -0.166. The second-order valence-electron chi connectivity index (χ2n) is 5.67. The third kappa shape index (κ3) is 3.05. The summed E-state index contributed by atoms with van der Waals surface area (Å²) in [6, 6.07) is 3.54. The molecule has 0 heterocycles. The number of carbonyl (C=O) groups is 1. The van der Waals surface area contributed by atoms with E-state index in [9.17, 15) is 15.0 Å². The summed E-state index contributed by atoms with van der Waals surface area (Å²) in [6.45, 7) is 4.04. The number of benzene rings is 1. The van der Waals surface area contributed by atoms with Crippen molar-refractivity contribution in [1.82, 2.24) is 0 Å². The minimum Gasteiger partial charge on any atom is -0.508 e. The summed E-state index contributed by atoms with van der Waals surface area (Å²) in [7, 11) is 0. The molecule has 0 bridgehead atoms. The number of fused-ring (bicyclic) bond motifs is 1. The molecule has 4 nitrogen and oxygen atoms in total. The van der Waals surface area contributed by atoms with Crippen LogP contribution in [0.25, 0.3) is 0 Å². The highest BCUT2D eigenvalue weighted by atomic mass is 16.5. The maximum atomic E-state index is 11.7. The van der Waals surface area contributed by atoms with E-state index in [0.717, 1.165) is 42.4 Å². The van der Waals surface area contributed by atoms with E-state index in [4.69, 9.17) is 4.74 Å². The summed E-state index contributed by atoms with van der Waals surface area (Å²) in [5.41, 5.74) is 1.95. The molecule has 2 N–H and O–H groups in total. The smallest absolute Gasteiger partial charge is 0.336 e. The van der Waals surface area contributed by atoms with Crippen molar-refractivity contribution < 1.29 is 19.7 Å². The highest BCUT2D eigenvalue weighted by molar-refractivity contribution is 5.78. The van der Waals surface area contributed by atoms with Crippen LogP contribution in [0.2, 0.25) is 0 Å². The van der Waals surface area contributed by atoms with Crippen LogP contribution >= 0.6 is 0 Å². The molecule has 0 aromatic heterocycles. The maximum Gasteiger partial charge on any atom is 0.336 e. The fourth-order valence-corrected chi connectivity index (χ4v) is 3.24. The average molecular weight is 292 g/mol. The van der Waals surface area contributed by atoms with E-state index in [1.165, 1.54) is 0 Å². The number of hydrogen-bond donors (Lipinski definition) is 2. The zero-order chi connectivity index (χ0) is 15.5. The highest BCUT2D eigenvalue weighted by Gasteiger charge is 2.38. The third-order valence-electron chi connectivity index (χ3n) is 4.46. The number of hydrogen-bond acceptors (Lipinski definition) is 3. The first-order chi connectivity index (χ1) is 10.0. The summed E-state index contributed by atoms with van der Waals surface area (Å²) in [6.07, 6.45) is 4.72. The van der Waals surface area contributed by atoms with Crippen molar-refractivity contribution in [3.63, 3.8) is 0 Å². The molecule has 21 heavy (non-hydrogen) atoms. The van der Waals surface area contributed by atoms with Crippen molar-refractivity contribution in [2.75, 3.05) is 6.61 Å². The molecular formula is C17H24O4. The van der Waals surface area contributed by atoms with Crippen molar-refractivity contribution in [1.29, 1.82) is 0 Å². The van der Waals surface area contributed by atoms with Gasteiger partial charge in [-0.05, 0) is 61.8 Å². The topological polar surface area (TPSA) is 66.8 Å². The van der Waals surface area contributed by atoms with Gasteiger partial charge in [-0.1, -0.05) is 13.0 Å². The van der Waals surface area contributed by atoms with E-state index in [2.05, 4.69) is 0 Å². The fourth-order valence-electron chi connectivity index (χ4n) is 3.24. The van der Waals surface area contributed by atoms with E-state index in [-0.39, 0.29) is 0 Å². The van der Waals surface area contributed by atoms with E-state index in [1.807, 2.05) is 19.9 Å². The number of aliphatic carboxylic acids is 1. The SMILES string of the molecule is CCOC(CC)(Cc1ccc(O)c2c1CCCC2)C(=O)O. The second-order valence-corrected chi connectivity index (χ2v) is 5.67. The third-order valence-corrected chi connectivity index (χ3v) is 4.46. The number of phenolic OH excluding ortho intramolecular Hbond substituents is 1. The van der Waals surface area contributed by atoms with Gasteiger partial charge in [-0.15, -0.1) is 0 Å². The van der Waals surface area contributed by atoms with Crippen LogP contribution in [0.5, 0.6) is 5.75 Å². The predicted octanol–water partition coefficient (Wildman–Crippen LogP) is 3.08. The van der Waals surface area contributed by atoms with Crippen LogP contribution in [0.4, 0.5) is 0 Å². The monoisotopic (exact) mass is 292 g/mol. The molecule has 0 spiro atoms. The number of rotatable bonds is 6. The highest BCUT2D eigenvalue weighted by Crippen LogP contribution is 2.34. The Morgan fingerprint density at radius 2 is 1.90 bits per heavy atom. The van der Waals surface area contributed by atoms with Crippen molar-refractivity contribution >= 4 is 5.97 Å². The molecule has 1 atom stereocenters. The van der Waals surface area contributed by atoms with Gasteiger partial charge in [-0.3, -0.25) is 0 Å². The minimum absolute atomic E-state index is 0.335. The van der Waals surface area contributed by atoms with Crippen LogP contribution in [-0.4, -0.2) is 28.4 Å². The average Bonchev–Trinajstić information content (AvgIpc) is 2.49. The number of carboxylic acid groups (broad SMARTS) is 1. The number of ether oxygens (including phenoxy) is 1. The second kappa shape index (κ2) is 6.48. The molecule has 0 aliphatic heterocycles. The van der Waals surface area contributed by atoms with Crippen LogP contribution in [-0.2, 0) is 28.8 Å². The van der Waals surface area contributed by atoms with Crippen LogP contribution in [0, 0.1) is 0 Å². The molecule has 1 aromatic rings. The summed E-state index contributed by atoms with van der Waals surface area (Å²) in [5.74, 6) is -0.577. The molecule has 0 amide bonds. The van der Waals surface area contributed by atoms with Crippen LogP contribution in [0.3, 0.4) is 0 Å². The Hall–Kier alpha value is -1.55. The first-order valence-electron chi connectivity index (χ1n) is 7.74. The lowest BCUT2D eigenvalue weighted by Gasteiger charge is -2.30. The van der Waals surface area contributed by atoms with Gasteiger partial charge in [0.1, 0.15) is 5.75 Å². The Morgan fingerprint density at radius 3 is 2.48 bits per heavy atom. The molecule has 1 aliphatic rings. The molecule has 0 fully saturated rings. The molecule has 2 rings (SSSR count). The largest absolute Gasteiger partial charge is 0.508 e. The van der Waals surface area contributed by atoms with E-state index in [1.54, 1.807) is 6.07 Å². The van der Waals surface area contributed by atoms with Crippen molar-refractivity contribution in [2.45, 2.75) is 58.0 Å². The molecule has 0 saturated heterocycles. The summed E-state index contributed by atoms with van der Waals surface area (Å²) >= 11 is 0. The number of carboxylic acids is 1. The summed E-state index contributed by atoms with van der Waals surface area (Å²) < 4.78 is 5.60. The maximum absolute atomic E-state index is 11.7. The fraction of sp³-hybridized carbons (Fsp3) is 0.588. The molecular weight excluding hydrogens is 268 g/mol. The van der Waals surface area contributed by atoms with Gasteiger partial charge in [0.2, 0.25) is 0 Å². The first kappa shape index (κ1) is 15.8. The van der Waals surface area contributed by atoms with Gasteiger partial charge < -0.3 is 14.9 Å². The van der Waals surface area contributed by atoms with Crippen LogP contribution in [0.15, 0.2) is 12.1 Å². The van der Waals surface area contributed by atoms with Gasteiger partial charge in [0.15, 0.2) is 5.60 Å². The molecule has 1 aliphatic carbocycles. The zero-order valence-corrected chi connectivity index (χ0v) is 12.8. The first-order valence-corrected chi connectivity index (χ1v) is 7.74. The van der Waals surface area contributed by atoms with Gasteiger partial charge in [0.05, 0.1) is 0 Å². The lowest BCUT2D eigenvalue weighted by Crippen LogP contribution is -2.43. The molecule has 1 unspecified atom stereocenters. The normalized spacial score (nSPS) is 17.0. The number of phenols is 1. The standard InChI is InChI=1S/C17H24O4/c1-3-17(16(19)20,21-4-2)11-12-9-10-15(18)14-8-6-5-7-13(12)14/h9-10,18H,3-8,11H2,1-2H3,(H,19,20). The van der Waals surface area contributed by atoms with Crippen molar-refractivity contribution in [3.8, 4) is 5.75 Å². The van der Waals surface area contributed by atoms with E-state index < -0.39 is 11.6 Å². The van der Waals surface area contributed by atoms with Gasteiger partial charge >= 0.3 is 5.97 Å². The van der Waals surface area contributed by atoms with Gasteiger partial charge in [0, 0.05) is 13.0 Å². The molecule has 1 aromatic carbocycles. The predicted molar refractivity (Wildman–Crippen MR) is 80.7 cm³/mol. The van der Waals surface area contributed by atoms with Gasteiger partial charge in [-0.25, -0.2) is 4.79 Å². The Balaban J connectivity index is 2.40. The van der Waals surface area contributed by atoms with Crippen LogP contribution < -0.4 is 0 Å². The summed E-state index contributed by atoms with van der Waals surface area (Å²) in [4.78, 5) is 11.7. The lowest BCUT2D eigenvalue weighted by atomic mass is 9.82. The Morgan fingerprint density at radius 1 is 1.24 bits per heavy atom. The molecule has 0 saturated carbocycles. The Bertz CT molecular complexity index is 524. The van der Waals surface area contributed by atoms with Crippen LogP contribution in [0.1, 0.15) is 49.8 Å². The summed E-state index contributed by atoms with van der Waals surface area (Å²) in [5, 5.41) is 19.6. The molecule has 4 heteroatoms. The number of aromatic hydroxyl groups is 1. The van der Waals surface area contributed by atoms with Gasteiger partial charge in [-0.2, -0.15) is 0 Å². The van der Waals surface area contributed by atoms with Crippen molar-refractivity contribution in [2.24, 2.45) is 0 Å². The van der Waals surface area contributed by atoms with Crippen molar-refractivity contribution in [3.05, 3.63) is 28.8 Å². The molecule has 116 valence electrons. The molecule has 0 radical (unpaired) electrons. The zero-order valence-electron chi connectivity index (χ0n) is 12.8. The van der Waals surface area contributed by atoms with E-state index in [0.29, 0.717) is 25.2 Å². The van der Waals surface area contributed by atoms with Gasteiger partial charge in [0.25, 0.3) is 0 Å². The quantitative estimate of drug-likeness (QED) is 0.845. The minimum atomic E-state index is -1.17.